The highest BCUT2D eigenvalue weighted by Gasteiger charge is 2.16. The molecule has 2 aromatic carbocycles. The second-order valence-electron chi connectivity index (χ2n) is 5.16. The number of nitrogens with one attached hydrogen (secondary N) is 1. The molecule has 3 heteroatoms. The molecule has 0 heterocycles. The average Bonchev–Trinajstić information content (AvgIpc) is 2.54. The van der Waals surface area contributed by atoms with Crippen molar-refractivity contribution in [3.05, 3.63) is 77.9 Å². The van der Waals surface area contributed by atoms with E-state index in [1.807, 2.05) is 56.3 Å². The number of rotatable bonds is 6. The van der Waals surface area contributed by atoms with Crippen LogP contribution in [0.2, 0.25) is 0 Å². The fourth-order valence-electron chi connectivity index (χ4n) is 2.26. The van der Waals surface area contributed by atoms with Gasteiger partial charge >= 0.3 is 0 Å². The quantitative estimate of drug-likeness (QED) is 0.816. The lowest BCUT2D eigenvalue weighted by Crippen LogP contribution is -2.27. The SMILES string of the molecule is C=CCOc1c(C)cccc1C(=O)NC(C)c1ccccc1. The van der Waals surface area contributed by atoms with E-state index >= 15 is 0 Å². The van der Waals surface area contributed by atoms with Crippen LogP contribution in [0.5, 0.6) is 5.75 Å². The molecule has 1 N–H and O–H groups in total. The summed E-state index contributed by atoms with van der Waals surface area (Å²) in [6, 6.07) is 15.4. The van der Waals surface area contributed by atoms with Gasteiger partial charge in [-0.25, -0.2) is 0 Å². The summed E-state index contributed by atoms with van der Waals surface area (Å²) in [5.74, 6) is 0.472. The minimum atomic E-state index is -0.140. The van der Waals surface area contributed by atoms with E-state index in [4.69, 9.17) is 4.74 Å². The molecule has 22 heavy (non-hydrogen) atoms. The average molecular weight is 295 g/mol. The number of benzene rings is 2. The maximum absolute atomic E-state index is 12.5. The van der Waals surface area contributed by atoms with Crippen molar-refractivity contribution in [1.82, 2.24) is 5.32 Å². The Kier molecular flexibility index (Phi) is 5.37. The zero-order valence-electron chi connectivity index (χ0n) is 13.0. The molecule has 0 saturated heterocycles. The van der Waals surface area contributed by atoms with Crippen molar-refractivity contribution in [2.45, 2.75) is 19.9 Å². The van der Waals surface area contributed by atoms with Gasteiger partial charge in [0, 0.05) is 0 Å². The molecule has 0 aliphatic carbocycles. The Balaban J connectivity index is 2.19. The molecule has 0 bridgehead atoms. The van der Waals surface area contributed by atoms with E-state index in [9.17, 15) is 4.79 Å². The molecule has 0 spiro atoms. The van der Waals surface area contributed by atoms with Crippen molar-refractivity contribution >= 4 is 5.91 Å². The number of hydrogen-bond donors (Lipinski definition) is 1. The van der Waals surface area contributed by atoms with Gasteiger partial charge in [-0.15, -0.1) is 0 Å². The molecule has 0 aliphatic heterocycles. The third kappa shape index (κ3) is 3.76. The number of amides is 1. The van der Waals surface area contributed by atoms with Gasteiger partial charge in [-0.2, -0.15) is 0 Å². The number of carbonyl (C=O) groups is 1. The fourth-order valence-corrected chi connectivity index (χ4v) is 2.26. The van der Waals surface area contributed by atoms with Crippen molar-refractivity contribution in [2.24, 2.45) is 0 Å². The summed E-state index contributed by atoms with van der Waals surface area (Å²) in [7, 11) is 0. The van der Waals surface area contributed by atoms with Crippen molar-refractivity contribution in [3.63, 3.8) is 0 Å². The van der Waals surface area contributed by atoms with Crippen LogP contribution in [0.3, 0.4) is 0 Å². The monoisotopic (exact) mass is 295 g/mol. The van der Waals surface area contributed by atoms with Gasteiger partial charge in [0.2, 0.25) is 0 Å². The summed E-state index contributed by atoms with van der Waals surface area (Å²) < 4.78 is 5.65. The maximum Gasteiger partial charge on any atom is 0.255 e. The van der Waals surface area contributed by atoms with Crippen LogP contribution >= 0.6 is 0 Å². The molecule has 2 aromatic rings. The minimum absolute atomic E-state index is 0.0681. The molecule has 1 amide bonds. The largest absolute Gasteiger partial charge is 0.488 e. The van der Waals surface area contributed by atoms with E-state index in [0.717, 1.165) is 11.1 Å². The Morgan fingerprint density at radius 2 is 1.95 bits per heavy atom. The summed E-state index contributed by atoms with van der Waals surface area (Å²) in [4.78, 5) is 12.5. The zero-order valence-corrected chi connectivity index (χ0v) is 13.0. The van der Waals surface area contributed by atoms with Crippen LogP contribution in [0.25, 0.3) is 0 Å². The molecule has 1 atom stereocenters. The van der Waals surface area contributed by atoms with E-state index in [-0.39, 0.29) is 11.9 Å². The van der Waals surface area contributed by atoms with Gasteiger partial charge in [0.15, 0.2) is 0 Å². The topological polar surface area (TPSA) is 38.3 Å². The normalized spacial score (nSPS) is 11.5. The Labute approximate surface area is 131 Å². The van der Waals surface area contributed by atoms with Crippen molar-refractivity contribution < 1.29 is 9.53 Å². The molecule has 2 rings (SSSR count). The third-order valence-electron chi connectivity index (χ3n) is 3.45. The van der Waals surface area contributed by atoms with E-state index < -0.39 is 0 Å². The molecule has 0 radical (unpaired) electrons. The Morgan fingerprint density at radius 3 is 2.64 bits per heavy atom. The highest BCUT2D eigenvalue weighted by atomic mass is 16.5. The molecular weight excluding hydrogens is 274 g/mol. The highest BCUT2D eigenvalue weighted by molar-refractivity contribution is 5.97. The van der Waals surface area contributed by atoms with E-state index in [0.29, 0.717) is 17.9 Å². The van der Waals surface area contributed by atoms with Gasteiger partial charge in [0.1, 0.15) is 12.4 Å². The zero-order chi connectivity index (χ0) is 15.9. The first-order chi connectivity index (χ1) is 10.6. The lowest BCUT2D eigenvalue weighted by molar-refractivity contribution is 0.0936. The van der Waals surface area contributed by atoms with Crippen LogP contribution in [-0.4, -0.2) is 12.5 Å². The lowest BCUT2D eigenvalue weighted by atomic mass is 10.1. The van der Waals surface area contributed by atoms with Gasteiger partial charge in [0.05, 0.1) is 11.6 Å². The summed E-state index contributed by atoms with van der Waals surface area (Å²) in [5, 5.41) is 3.01. The predicted octanol–water partition coefficient (Wildman–Crippen LogP) is 4.05. The van der Waals surface area contributed by atoms with Crippen LogP contribution in [0.4, 0.5) is 0 Å². The molecule has 0 aromatic heterocycles. The smallest absolute Gasteiger partial charge is 0.255 e. The molecule has 3 nitrogen and oxygen atoms in total. The lowest BCUT2D eigenvalue weighted by Gasteiger charge is -2.17. The molecule has 0 saturated carbocycles. The van der Waals surface area contributed by atoms with Crippen LogP contribution < -0.4 is 10.1 Å². The number of ether oxygens (including phenoxy) is 1. The molecule has 0 aliphatic rings. The van der Waals surface area contributed by atoms with Gasteiger partial charge in [-0.1, -0.05) is 55.1 Å². The summed E-state index contributed by atoms with van der Waals surface area (Å²) in [6.45, 7) is 7.91. The Bertz CT molecular complexity index is 650. The highest BCUT2D eigenvalue weighted by Crippen LogP contribution is 2.24. The molecular formula is C19H21NO2. The molecule has 114 valence electrons. The van der Waals surface area contributed by atoms with Gasteiger partial charge in [-0.05, 0) is 31.0 Å². The molecule has 1 unspecified atom stereocenters. The first-order valence-corrected chi connectivity index (χ1v) is 7.32. The minimum Gasteiger partial charge on any atom is -0.488 e. The van der Waals surface area contributed by atoms with E-state index in [2.05, 4.69) is 11.9 Å². The van der Waals surface area contributed by atoms with Crippen LogP contribution in [0, 0.1) is 6.92 Å². The van der Waals surface area contributed by atoms with Crippen molar-refractivity contribution in [1.29, 1.82) is 0 Å². The van der Waals surface area contributed by atoms with Crippen LogP contribution in [0.15, 0.2) is 61.2 Å². The number of carbonyl (C=O) groups excluding carboxylic acids is 1. The standard InChI is InChI=1S/C19H21NO2/c1-4-13-22-18-14(2)9-8-12-17(18)19(21)20-15(3)16-10-6-5-7-11-16/h4-12,15H,1,13H2,2-3H3,(H,20,21). The summed E-state index contributed by atoms with van der Waals surface area (Å²) in [5.41, 5.74) is 2.54. The van der Waals surface area contributed by atoms with Crippen LogP contribution in [0.1, 0.15) is 34.5 Å². The summed E-state index contributed by atoms with van der Waals surface area (Å²) in [6.07, 6.45) is 1.67. The van der Waals surface area contributed by atoms with Gasteiger partial charge in [0.25, 0.3) is 5.91 Å². The second-order valence-corrected chi connectivity index (χ2v) is 5.16. The number of para-hydroxylation sites is 1. The number of aryl methyl sites for hydroxylation is 1. The predicted molar refractivity (Wildman–Crippen MR) is 89.2 cm³/mol. The van der Waals surface area contributed by atoms with E-state index in [1.165, 1.54) is 0 Å². The van der Waals surface area contributed by atoms with Crippen molar-refractivity contribution in [3.8, 4) is 5.75 Å². The van der Waals surface area contributed by atoms with Gasteiger partial charge < -0.3 is 10.1 Å². The van der Waals surface area contributed by atoms with Crippen molar-refractivity contribution in [2.75, 3.05) is 6.61 Å². The van der Waals surface area contributed by atoms with Crippen LogP contribution in [-0.2, 0) is 0 Å². The fraction of sp³-hybridized carbons (Fsp3) is 0.211. The maximum atomic E-state index is 12.5. The second kappa shape index (κ2) is 7.46. The first kappa shape index (κ1) is 15.8. The Morgan fingerprint density at radius 1 is 1.23 bits per heavy atom. The third-order valence-corrected chi connectivity index (χ3v) is 3.45. The molecule has 0 fully saturated rings. The van der Waals surface area contributed by atoms with Gasteiger partial charge in [-0.3, -0.25) is 4.79 Å². The summed E-state index contributed by atoms with van der Waals surface area (Å²) >= 11 is 0. The first-order valence-electron chi connectivity index (χ1n) is 7.32. The van der Waals surface area contributed by atoms with E-state index in [1.54, 1.807) is 12.1 Å². The Hall–Kier alpha value is -2.55. The number of hydrogen-bond acceptors (Lipinski definition) is 2.